The van der Waals surface area contributed by atoms with Crippen molar-refractivity contribution in [2.45, 2.75) is 24.7 Å². The van der Waals surface area contributed by atoms with Crippen LogP contribution in [-0.4, -0.2) is 39.0 Å². The topological polar surface area (TPSA) is 75.7 Å². The Morgan fingerprint density at radius 1 is 1.11 bits per heavy atom. The quantitative estimate of drug-likeness (QED) is 0.854. The van der Waals surface area contributed by atoms with Crippen molar-refractivity contribution in [3.05, 3.63) is 60.2 Å². The van der Waals surface area contributed by atoms with Gasteiger partial charge in [-0.25, -0.2) is 17.9 Å². The van der Waals surface area contributed by atoms with Crippen molar-refractivity contribution in [2.75, 3.05) is 19.6 Å². The SMILES string of the molecule is Cc1cccc(S(=O)(=O)NCC2CCN(C(=O)Oc3ccccc3)CC2)c1. The third-order valence-electron chi connectivity index (χ3n) is 4.68. The highest BCUT2D eigenvalue weighted by Gasteiger charge is 2.25. The van der Waals surface area contributed by atoms with E-state index in [0.29, 0.717) is 25.4 Å². The van der Waals surface area contributed by atoms with E-state index >= 15 is 0 Å². The molecule has 0 bridgehead atoms. The van der Waals surface area contributed by atoms with Gasteiger partial charge in [0.1, 0.15) is 5.75 Å². The molecule has 0 unspecified atom stereocenters. The standard InChI is InChI=1S/C20H24N2O4S/c1-16-6-5-9-19(14-16)27(24,25)21-15-17-10-12-22(13-11-17)20(23)26-18-7-3-2-4-8-18/h2-9,14,17,21H,10-13,15H2,1H3. The van der Waals surface area contributed by atoms with Crippen LogP contribution in [0.1, 0.15) is 18.4 Å². The summed E-state index contributed by atoms with van der Waals surface area (Å²) >= 11 is 0. The summed E-state index contributed by atoms with van der Waals surface area (Å²) in [5.41, 5.74) is 0.906. The molecule has 2 aromatic carbocycles. The van der Waals surface area contributed by atoms with E-state index in [2.05, 4.69) is 4.72 Å². The van der Waals surface area contributed by atoms with E-state index < -0.39 is 10.0 Å². The summed E-state index contributed by atoms with van der Waals surface area (Å²) in [6.07, 6.45) is 1.11. The molecule has 27 heavy (non-hydrogen) atoms. The smallest absolute Gasteiger partial charge is 0.410 e. The summed E-state index contributed by atoms with van der Waals surface area (Å²) < 4.78 is 32.9. The van der Waals surface area contributed by atoms with Crippen molar-refractivity contribution >= 4 is 16.1 Å². The second kappa shape index (κ2) is 8.54. The summed E-state index contributed by atoms with van der Waals surface area (Å²) in [6, 6.07) is 15.8. The number of aryl methyl sites for hydroxylation is 1. The molecule has 1 N–H and O–H groups in total. The normalized spacial score (nSPS) is 15.5. The second-order valence-corrected chi connectivity index (χ2v) is 8.55. The Labute approximate surface area is 160 Å². The lowest BCUT2D eigenvalue weighted by Gasteiger charge is -2.31. The van der Waals surface area contributed by atoms with Gasteiger partial charge in [-0.15, -0.1) is 0 Å². The highest BCUT2D eigenvalue weighted by molar-refractivity contribution is 7.89. The van der Waals surface area contributed by atoms with Gasteiger partial charge in [-0.1, -0.05) is 30.3 Å². The van der Waals surface area contributed by atoms with Crippen LogP contribution >= 0.6 is 0 Å². The third kappa shape index (κ3) is 5.30. The van der Waals surface area contributed by atoms with Crippen LogP contribution in [0.5, 0.6) is 5.75 Å². The van der Waals surface area contributed by atoms with E-state index in [0.717, 1.165) is 18.4 Å². The number of hydrogen-bond acceptors (Lipinski definition) is 4. The lowest BCUT2D eigenvalue weighted by atomic mass is 9.97. The number of carbonyl (C=O) groups excluding carboxylic acids is 1. The van der Waals surface area contributed by atoms with Crippen molar-refractivity contribution in [1.82, 2.24) is 9.62 Å². The molecule has 6 nitrogen and oxygen atoms in total. The Kier molecular flexibility index (Phi) is 6.13. The molecule has 144 valence electrons. The minimum Gasteiger partial charge on any atom is -0.410 e. The van der Waals surface area contributed by atoms with Crippen LogP contribution in [0.3, 0.4) is 0 Å². The largest absolute Gasteiger partial charge is 0.415 e. The number of sulfonamides is 1. The fraction of sp³-hybridized carbons (Fsp3) is 0.350. The predicted molar refractivity (Wildman–Crippen MR) is 103 cm³/mol. The van der Waals surface area contributed by atoms with Crippen molar-refractivity contribution in [3.8, 4) is 5.75 Å². The van der Waals surface area contributed by atoms with E-state index in [1.165, 1.54) is 0 Å². The van der Waals surface area contributed by atoms with Gasteiger partial charge in [-0.05, 0) is 55.5 Å². The van der Waals surface area contributed by atoms with Crippen molar-refractivity contribution in [2.24, 2.45) is 5.92 Å². The molecule has 1 aliphatic rings. The first-order valence-electron chi connectivity index (χ1n) is 9.02. The highest BCUT2D eigenvalue weighted by Crippen LogP contribution is 2.19. The van der Waals surface area contributed by atoms with E-state index in [1.54, 1.807) is 35.2 Å². The van der Waals surface area contributed by atoms with Crippen LogP contribution in [0, 0.1) is 12.8 Å². The van der Waals surface area contributed by atoms with Gasteiger partial charge in [0.05, 0.1) is 4.90 Å². The van der Waals surface area contributed by atoms with Crippen LogP contribution in [0.25, 0.3) is 0 Å². The number of hydrogen-bond donors (Lipinski definition) is 1. The third-order valence-corrected chi connectivity index (χ3v) is 6.10. The van der Waals surface area contributed by atoms with Gasteiger partial charge in [0.2, 0.25) is 10.0 Å². The summed E-state index contributed by atoms with van der Waals surface area (Å²) in [5.74, 6) is 0.723. The van der Waals surface area contributed by atoms with Crippen molar-refractivity contribution in [1.29, 1.82) is 0 Å². The van der Waals surface area contributed by atoms with Crippen LogP contribution in [0.4, 0.5) is 4.79 Å². The fourth-order valence-electron chi connectivity index (χ4n) is 3.07. The minimum absolute atomic E-state index is 0.199. The maximum atomic E-state index is 12.4. The zero-order valence-corrected chi connectivity index (χ0v) is 16.1. The van der Waals surface area contributed by atoms with Gasteiger partial charge in [-0.3, -0.25) is 0 Å². The first kappa shape index (κ1) is 19.4. The Morgan fingerprint density at radius 3 is 2.48 bits per heavy atom. The van der Waals surface area contributed by atoms with Gasteiger partial charge in [0.15, 0.2) is 0 Å². The number of carbonyl (C=O) groups is 1. The molecular formula is C20H24N2O4S. The Balaban J connectivity index is 1.47. The molecule has 0 aromatic heterocycles. The fourth-order valence-corrected chi connectivity index (χ4v) is 4.29. The summed E-state index contributed by atoms with van der Waals surface area (Å²) in [4.78, 5) is 14.1. The van der Waals surface area contributed by atoms with E-state index in [4.69, 9.17) is 4.74 Å². The number of ether oxygens (including phenoxy) is 1. The summed E-state index contributed by atoms with van der Waals surface area (Å²) in [5, 5.41) is 0. The Hall–Kier alpha value is -2.38. The zero-order chi connectivity index (χ0) is 19.3. The van der Waals surface area contributed by atoms with Crippen LogP contribution in [0.15, 0.2) is 59.5 Å². The molecule has 0 aliphatic carbocycles. The van der Waals surface area contributed by atoms with Gasteiger partial charge in [0, 0.05) is 19.6 Å². The number of piperidine rings is 1. The summed E-state index contributed by atoms with van der Waals surface area (Å²) in [6.45, 7) is 3.35. The number of nitrogens with zero attached hydrogens (tertiary/aromatic N) is 1. The molecule has 2 aromatic rings. The molecule has 1 aliphatic heterocycles. The van der Waals surface area contributed by atoms with Crippen molar-refractivity contribution in [3.63, 3.8) is 0 Å². The molecule has 1 fully saturated rings. The van der Waals surface area contributed by atoms with Crippen molar-refractivity contribution < 1.29 is 17.9 Å². The van der Waals surface area contributed by atoms with E-state index in [1.807, 2.05) is 31.2 Å². The number of para-hydroxylation sites is 1. The number of rotatable bonds is 5. The van der Waals surface area contributed by atoms with Gasteiger partial charge >= 0.3 is 6.09 Å². The molecule has 0 atom stereocenters. The summed E-state index contributed by atoms with van der Waals surface area (Å²) in [7, 11) is -3.51. The molecule has 3 rings (SSSR count). The van der Waals surface area contributed by atoms with Gasteiger partial charge in [-0.2, -0.15) is 0 Å². The van der Waals surface area contributed by atoms with Crippen LogP contribution in [-0.2, 0) is 10.0 Å². The number of likely N-dealkylation sites (tertiary alicyclic amines) is 1. The molecule has 7 heteroatoms. The molecule has 0 saturated carbocycles. The molecule has 0 spiro atoms. The first-order valence-corrected chi connectivity index (χ1v) is 10.5. The average molecular weight is 388 g/mol. The molecule has 1 saturated heterocycles. The zero-order valence-electron chi connectivity index (χ0n) is 15.3. The maximum Gasteiger partial charge on any atom is 0.415 e. The predicted octanol–water partition coefficient (Wildman–Crippen LogP) is 3.18. The Bertz CT molecular complexity index is 876. The molecular weight excluding hydrogens is 364 g/mol. The number of amides is 1. The lowest BCUT2D eigenvalue weighted by Crippen LogP contribution is -2.42. The first-order chi connectivity index (χ1) is 12.9. The van der Waals surface area contributed by atoms with E-state index in [-0.39, 0.29) is 16.9 Å². The number of benzene rings is 2. The van der Waals surface area contributed by atoms with E-state index in [9.17, 15) is 13.2 Å². The van der Waals surface area contributed by atoms with Crippen LogP contribution < -0.4 is 9.46 Å². The van der Waals surface area contributed by atoms with Gasteiger partial charge in [0.25, 0.3) is 0 Å². The minimum atomic E-state index is -3.51. The molecule has 1 amide bonds. The molecule has 0 radical (unpaired) electrons. The highest BCUT2D eigenvalue weighted by atomic mass is 32.2. The average Bonchev–Trinajstić information content (AvgIpc) is 2.68. The monoisotopic (exact) mass is 388 g/mol. The van der Waals surface area contributed by atoms with Crippen LogP contribution in [0.2, 0.25) is 0 Å². The number of nitrogens with one attached hydrogen (secondary N) is 1. The van der Waals surface area contributed by atoms with Gasteiger partial charge < -0.3 is 9.64 Å². The molecule has 1 heterocycles. The second-order valence-electron chi connectivity index (χ2n) is 6.78. The maximum absolute atomic E-state index is 12.4. The Morgan fingerprint density at radius 2 is 1.81 bits per heavy atom. The lowest BCUT2D eigenvalue weighted by molar-refractivity contribution is 0.131.